The molecule has 0 amide bonds. The van der Waals surface area contributed by atoms with Crippen molar-refractivity contribution < 1.29 is 0 Å². The molecule has 2 nitrogen and oxygen atoms in total. The van der Waals surface area contributed by atoms with Gasteiger partial charge in [-0.3, -0.25) is 0 Å². The number of hydrogen-bond acceptors (Lipinski definition) is 2. The molecule has 0 saturated heterocycles. The number of benzene rings is 2. The lowest BCUT2D eigenvalue weighted by atomic mass is 9.84. The highest BCUT2D eigenvalue weighted by Gasteiger charge is 2.20. The van der Waals surface area contributed by atoms with Crippen molar-refractivity contribution in [2.24, 2.45) is 5.92 Å². The molecule has 21 heavy (non-hydrogen) atoms. The topological polar surface area (TPSA) is 35.8 Å². The van der Waals surface area contributed by atoms with E-state index >= 15 is 0 Å². The molecule has 0 spiro atoms. The Labute approximate surface area is 126 Å². The number of nitrogens with zero attached hydrogens (tertiary/aromatic N) is 1. The first kappa shape index (κ1) is 13.9. The quantitative estimate of drug-likeness (QED) is 0.848. The van der Waals surface area contributed by atoms with Crippen LogP contribution in [-0.2, 0) is 0 Å². The zero-order valence-corrected chi connectivity index (χ0v) is 12.6. The lowest BCUT2D eigenvalue weighted by Crippen LogP contribution is -2.25. The van der Waals surface area contributed by atoms with Gasteiger partial charge in [-0.2, -0.15) is 5.26 Å². The van der Waals surface area contributed by atoms with E-state index in [9.17, 15) is 5.26 Å². The van der Waals surface area contributed by atoms with Crippen LogP contribution in [0.3, 0.4) is 0 Å². The minimum atomic E-state index is 0.573. The second kappa shape index (κ2) is 6.18. The molecular weight excluding hydrogens is 256 g/mol. The van der Waals surface area contributed by atoms with Gasteiger partial charge in [-0.15, -0.1) is 0 Å². The van der Waals surface area contributed by atoms with Gasteiger partial charge in [-0.05, 0) is 43.7 Å². The first-order valence-electron chi connectivity index (χ1n) is 8.00. The summed E-state index contributed by atoms with van der Waals surface area (Å²) < 4.78 is 0. The maximum absolute atomic E-state index is 9.23. The molecule has 0 atom stereocenters. The largest absolute Gasteiger partial charge is 0.382 e. The number of fused-ring (bicyclic) bond motifs is 1. The van der Waals surface area contributed by atoms with Gasteiger partial charge in [0.05, 0.1) is 11.6 Å². The summed E-state index contributed by atoms with van der Waals surface area (Å²) in [7, 11) is 0. The zero-order valence-electron chi connectivity index (χ0n) is 12.6. The minimum absolute atomic E-state index is 0.573. The van der Waals surface area contributed by atoms with E-state index in [0.29, 0.717) is 6.04 Å². The molecule has 0 bridgehead atoms. The van der Waals surface area contributed by atoms with Gasteiger partial charge in [-0.25, -0.2) is 0 Å². The van der Waals surface area contributed by atoms with E-state index in [2.05, 4.69) is 30.4 Å². The highest BCUT2D eigenvalue weighted by molar-refractivity contribution is 5.97. The summed E-state index contributed by atoms with van der Waals surface area (Å²) in [6.45, 7) is 2.30. The van der Waals surface area contributed by atoms with Crippen LogP contribution in [0.1, 0.15) is 44.6 Å². The van der Waals surface area contributed by atoms with Crippen molar-refractivity contribution in [1.82, 2.24) is 0 Å². The number of anilines is 1. The van der Waals surface area contributed by atoms with E-state index in [1.807, 2.05) is 24.3 Å². The van der Waals surface area contributed by atoms with Crippen molar-refractivity contribution in [3.8, 4) is 6.07 Å². The fourth-order valence-corrected chi connectivity index (χ4v) is 3.46. The van der Waals surface area contributed by atoms with Gasteiger partial charge >= 0.3 is 0 Å². The average Bonchev–Trinajstić information content (AvgIpc) is 2.56. The van der Waals surface area contributed by atoms with Crippen LogP contribution < -0.4 is 5.32 Å². The molecule has 1 N–H and O–H groups in total. The molecule has 108 valence electrons. The van der Waals surface area contributed by atoms with Gasteiger partial charge in [0.25, 0.3) is 0 Å². The van der Waals surface area contributed by atoms with Gasteiger partial charge in [0.1, 0.15) is 0 Å². The van der Waals surface area contributed by atoms with E-state index in [0.717, 1.165) is 22.3 Å². The Kier molecular flexibility index (Phi) is 4.10. The molecule has 1 saturated carbocycles. The minimum Gasteiger partial charge on any atom is -0.382 e. The molecule has 2 heteroatoms. The third-order valence-corrected chi connectivity index (χ3v) is 4.83. The summed E-state index contributed by atoms with van der Waals surface area (Å²) in [5.74, 6) is 0.917. The fraction of sp³-hybridized carbons (Fsp3) is 0.421. The van der Waals surface area contributed by atoms with E-state index < -0.39 is 0 Å². The monoisotopic (exact) mass is 278 g/mol. The van der Waals surface area contributed by atoms with Crippen molar-refractivity contribution in [3.05, 3.63) is 42.0 Å². The summed E-state index contributed by atoms with van der Waals surface area (Å²) >= 11 is 0. The van der Waals surface area contributed by atoms with E-state index in [4.69, 9.17) is 0 Å². The van der Waals surface area contributed by atoms with Crippen LogP contribution in [-0.4, -0.2) is 6.04 Å². The van der Waals surface area contributed by atoms with Gasteiger partial charge in [0.2, 0.25) is 0 Å². The molecule has 0 aromatic heterocycles. The highest BCUT2D eigenvalue weighted by Crippen LogP contribution is 2.31. The standard InChI is InChI=1S/C19H22N2/c1-2-14-7-10-16(11-8-14)21-19-12-9-15(13-20)17-5-3-4-6-18(17)19/h3-6,9,12,14,16,21H,2,7-8,10-11H2,1H3. The maximum atomic E-state index is 9.23. The van der Waals surface area contributed by atoms with Crippen molar-refractivity contribution >= 4 is 16.5 Å². The van der Waals surface area contributed by atoms with E-state index in [1.165, 1.54) is 37.8 Å². The van der Waals surface area contributed by atoms with Crippen LogP contribution in [0.2, 0.25) is 0 Å². The number of hydrogen-bond donors (Lipinski definition) is 1. The molecule has 1 aliphatic rings. The van der Waals surface area contributed by atoms with Crippen LogP contribution in [0.4, 0.5) is 5.69 Å². The number of nitriles is 1. The summed E-state index contributed by atoms with van der Waals surface area (Å²) in [6.07, 6.45) is 6.50. The number of nitrogens with one attached hydrogen (secondary N) is 1. The Morgan fingerprint density at radius 2 is 1.76 bits per heavy atom. The number of rotatable bonds is 3. The van der Waals surface area contributed by atoms with Crippen molar-refractivity contribution in [1.29, 1.82) is 5.26 Å². The smallest absolute Gasteiger partial charge is 0.0998 e. The molecule has 0 unspecified atom stereocenters. The Hall–Kier alpha value is -2.01. The summed E-state index contributed by atoms with van der Waals surface area (Å²) in [4.78, 5) is 0. The Morgan fingerprint density at radius 3 is 2.43 bits per heavy atom. The third kappa shape index (κ3) is 2.88. The van der Waals surface area contributed by atoms with Crippen LogP contribution in [0.5, 0.6) is 0 Å². The maximum Gasteiger partial charge on any atom is 0.0998 e. The molecule has 1 fully saturated rings. The summed E-state index contributed by atoms with van der Waals surface area (Å²) in [6, 6.07) is 15.0. The lowest BCUT2D eigenvalue weighted by Gasteiger charge is -2.29. The molecule has 2 aromatic rings. The normalized spacial score (nSPS) is 21.9. The lowest BCUT2D eigenvalue weighted by molar-refractivity contribution is 0.330. The Morgan fingerprint density at radius 1 is 1.05 bits per heavy atom. The summed E-state index contributed by atoms with van der Waals surface area (Å²) in [5, 5.41) is 15.2. The van der Waals surface area contributed by atoms with E-state index in [-0.39, 0.29) is 0 Å². The van der Waals surface area contributed by atoms with Gasteiger partial charge in [-0.1, -0.05) is 37.6 Å². The van der Waals surface area contributed by atoms with E-state index in [1.54, 1.807) is 0 Å². The van der Waals surface area contributed by atoms with Crippen molar-refractivity contribution in [2.75, 3.05) is 5.32 Å². The molecule has 0 aliphatic heterocycles. The molecule has 0 heterocycles. The van der Waals surface area contributed by atoms with Crippen LogP contribution in [0.25, 0.3) is 10.8 Å². The first-order valence-corrected chi connectivity index (χ1v) is 8.00. The van der Waals surface area contributed by atoms with Gasteiger partial charge in [0.15, 0.2) is 0 Å². The summed E-state index contributed by atoms with van der Waals surface area (Å²) in [5.41, 5.74) is 1.93. The van der Waals surface area contributed by atoms with Crippen molar-refractivity contribution in [3.63, 3.8) is 0 Å². The van der Waals surface area contributed by atoms with Gasteiger partial charge in [0, 0.05) is 22.5 Å². The van der Waals surface area contributed by atoms with Crippen LogP contribution >= 0.6 is 0 Å². The van der Waals surface area contributed by atoms with Crippen LogP contribution in [0, 0.1) is 17.2 Å². The average molecular weight is 278 g/mol. The van der Waals surface area contributed by atoms with Crippen LogP contribution in [0.15, 0.2) is 36.4 Å². The molecule has 3 rings (SSSR count). The first-order chi connectivity index (χ1) is 10.3. The third-order valence-electron chi connectivity index (χ3n) is 4.83. The highest BCUT2D eigenvalue weighted by atomic mass is 14.9. The van der Waals surface area contributed by atoms with Gasteiger partial charge < -0.3 is 5.32 Å². The molecule has 1 aliphatic carbocycles. The fourth-order valence-electron chi connectivity index (χ4n) is 3.46. The zero-order chi connectivity index (χ0) is 14.7. The predicted molar refractivity (Wildman–Crippen MR) is 88.3 cm³/mol. The Bertz CT molecular complexity index is 661. The Balaban J connectivity index is 1.84. The SMILES string of the molecule is CCC1CCC(Nc2ccc(C#N)c3ccccc23)CC1. The molecule has 2 aromatic carbocycles. The predicted octanol–water partition coefficient (Wildman–Crippen LogP) is 5.09. The van der Waals surface area contributed by atoms with Crippen molar-refractivity contribution in [2.45, 2.75) is 45.1 Å². The molecular formula is C19H22N2. The second-order valence-corrected chi connectivity index (χ2v) is 6.09. The molecule has 0 radical (unpaired) electrons. The second-order valence-electron chi connectivity index (χ2n) is 6.09.